The summed E-state index contributed by atoms with van der Waals surface area (Å²) in [5.74, 6) is -3.39. The molecule has 3 N–H and O–H groups in total. The number of hydrogen-bond acceptors (Lipinski definition) is 4. The Hall–Kier alpha value is -2.92. The smallest absolute Gasteiger partial charge is 0.262 e. The van der Waals surface area contributed by atoms with E-state index in [4.69, 9.17) is 0 Å². The Morgan fingerprint density at radius 3 is 2.35 bits per heavy atom. The molecule has 0 saturated heterocycles. The van der Waals surface area contributed by atoms with Gasteiger partial charge in [0, 0.05) is 16.8 Å². The molecule has 2 aromatic rings. The molecule has 0 spiro atoms. The summed E-state index contributed by atoms with van der Waals surface area (Å²) in [5, 5.41) is 23.5. The number of Topliss-reactive ketones (excluding diaryl/α,β-unsaturated/α-hetero) is 1. The first-order valence-corrected chi connectivity index (χ1v) is 7.06. The van der Waals surface area contributed by atoms with E-state index in [9.17, 15) is 19.8 Å². The van der Waals surface area contributed by atoms with Gasteiger partial charge in [-0.25, -0.2) is 0 Å². The van der Waals surface area contributed by atoms with Crippen molar-refractivity contribution in [1.82, 2.24) is 0 Å². The average Bonchev–Trinajstić information content (AvgIpc) is 2.80. The summed E-state index contributed by atoms with van der Waals surface area (Å²) < 4.78 is 0. The van der Waals surface area contributed by atoms with Gasteiger partial charge in [-0.1, -0.05) is 55.1 Å². The number of hydrogen-bond donors (Lipinski definition) is 3. The minimum absolute atomic E-state index is 0.245. The fourth-order valence-electron chi connectivity index (χ4n) is 2.90. The molecule has 23 heavy (non-hydrogen) atoms. The van der Waals surface area contributed by atoms with Crippen molar-refractivity contribution in [3.63, 3.8) is 0 Å². The molecule has 5 nitrogen and oxygen atoms in total. The zero-order valence-electron chi connectivity index (χ0n) is 12.2. The molecular formula is C18H15NO4. The van der Waals surface area contributed by atoms with Gasteiger partial charge in [-0.2, -0.15) is 0 Å². The van der Waals surface area contributed by atoms with E-state index in [0.717, 1.165) is 0 Å². The summed E-state index contributed by atoms with van der Waals surface area (Å²) in [5.41, 5.74) is -1.27. The van der Waals surface area contributed by atoms with E-state index in [1.54, 1.807) is 54.6 Å². The van der Waals surface area contributed by atoms with E-state index in [1.807, 2.05) is 0 Å². The van der Waals surface area contributed by atoms with Crippen LogP contribution in [0.2, 0.25) is 0 Å². The lowest BCUT2D eigenvalue weighted by molar-refractivity contribution is -0.137. The lowest BCUT2D eigenvalue weighted by Gasteiger charge is -2.29. The van der Waals surface area contributed by atoms with Crippen LogP contribution in [0, 0.1) is 5.92 Å². The van der Waals surface area contributed by atoms with Gasteiger partial charge in [-0.15, -0.1) is 0 Å². The van der Waals surface area contributed by atoms with Crippen molar-refractivity contribution >= 4 is 17.4 Å². The molecule has 0 radical (unpaired) electrons. The van der Waals surface area contributed by atoms with Gasteiger partial charge >= 0.3 is 0 Å². The van der Waals surface area contributed by atoms with Gasteiger partial charge in [0.05, 0.1) is 5.76 Å². The van der Waals surface area contributed by atoms with Crippen LogP contribution in [-0.4, -0.2) is 21.9 Å². The van der Waals surface area contributed by atoms with Gasteiger partial charge in [0.25, 0.3) is 5.91 Å². The molecule has 1 aliphatic rings. The van der Waals surface area contributed by atoms with Gasteiger partial charge in [-0.05, 0) is 6.07 Å². The maximum absolute atomic E-state index is 12.8. The van der Waals surface area contributed by atoms with Crippen molar-refractivity contribution in [2.45, 2.75) is 5.60 Å². The number of carbonyl (C=O) groups is 2. The molecular weight excluding hydrogens is 294 g/mol. The SMILES string of the molecule is C=C(O)[C@@H](C(=O)c1ccccc1)[C@@]1(O)C(=O)Nc2ccccc21. The van der Waals surface area contributed by atoms with Crippen molar-refractivity contribution in [1.29, 1.82) is 0 Å². The normalized spacial score (nSPS) is 20.5. The first-order chi connectivity index (χ1) is 11.0. The van der Waals surface area contributed by atoms with E-state index < -0.39 is 29.0 Å². The fourth-order valence-corrected chi connectivity index (χ4v) is 2.90. The monoisotopic (exact) mass is 309 g/mol. The summed E-state index contributed by atoms with van der Waals surface area (Å²) in [6.07, 6.45) is 0. The first-order valence-electron chi connectivity index (χ1n) is 7.06. The van der Waals surface area contributed by atoms with Gasteiger partial charge in [-0.3, -0.25) is 9.59 Å². The van der Waals surface area contributed by atoms with Crippen molar-refractivity contribution < 1.29 is 19.8 Å². The molecule has 2 aromatic carbocycles. The number of aliphatic hydroxyl groups is 2. The van der Waals surface area contributed by atoms with Crippen LogP contribution in [0.1, 0.15) is 15.9 Å². The van der Waals surface area contributed by atoms with Crippen molar-refractivity contribution in [2.24, 2.45) is 5.92 Å². The number of benzene rings is 2. The molecule has 2 atom stereocenters. The minimum atomic E-state index is -2.20. The Kier molecular flexibility index (Phi) is 3.50. The number of carbonyl (C=O) groups excluding carboxylic acids is 2. The number of rotatable bonds is 4. The number of ketones is 1. The largest absolute Gasteiger partial charge is 0.512 e. The molecule has 0 aromatic heterocycles. The fraction of sp³-hybridized carbons (Fsp3) is 0.111. The highest BCUT2D eigenvalue weighted by Gasteiger charge is 2.55. The van der Waals surface area contributed by atoms with E-state index in [2.05, 4.69) is 11.9 Å². The number of aliphatic hydroxyl groups excluding tert-OH is 1. The van der Waals surface area contributed by atoms with Crippen LogP contribution in [-0.2, 0) is 10.4 Å². The minimum Gasteiger partial charge on any atom is -0.512 e. The van der Waals surface area contributed by atoms with E-state index in [1.165, 1.54) is 0 Å². The zero-order chi connectivity index (χ0) is 16.6. The highest BCUT2D eigenvalue weighted by atomic mass is 16.3. The van der Waals surface area contributed by atoms with Crippen LogP contribution in [0.3, 0.4) is 0 Å². The van der Waals surface area contributed by atoms with E-state index >= 15 is 0 Å². The molecule has 1 heterocycles. The lowest BCUT2D eigenvalue weighted by atomic mass is 9.77. The zero-order valence-corrected chi connectivity index (χ0v) is 12.2. The molecule has 0 unspecified atom stereocenters. The maximum Gasteiger partial charge on any atom is 0.262 e. The standard InChI is InChI=1S/C18H15NO4/c1-11(20)15(16(21)12-7-3-2-4-8-12)18(23)13-9-5-6-10-14(13)19-17(18)22/h2-10,15,20,23H,1H2,(H,19,22)/t15-,18+/m0/s1. The molecule has 116 valence electrons. The second kappa shape index (κ2) is 5.37. The molecule has 3 rings (SSSR count). The molecule has 5 heteroatoms. The predicted octanol–water partition coefficient (Wildman–Crippen LogP) is 2.40. The second-order valence-corrected chi connectivity index (χ2v) is 5.42. The summed E-state index contributed by atoms with van der Waals surface area (Å²) in [6.45, 7) is 3.39. The third-order valence-corrected chi connectivity index (χ3v) is 4.00. The van der Waals surface area contributed by atoms with Crippen LogP contribution in [0.4, 0.5) is 5.69 Å². The Labute approximate surface area is 132 Å². The summed E-state index contributed by atoms with van der Waals surface area (Å²) in [6, 6.07) is 14.7. The number of nitrogens with one attached hydrogen (secondary N) is 1. The van der Waals surface area contributed by atoms with Crippen molar-refractivity contribution in [3.05, 3.63) is 78.1 Å². The van der Waals surface area contributed by atoms with Gasteiger partial charge < -0.3 is 15.5 Å². The molecule has 0 fully saturated rings. The summed E-state index contributed by atoms with van der Waals surface area (Å²) in [7, 11) is 0. The van der Waals surface area contributed by atoms with Gasteiger partial charge in [0.2, 0.25) is 0 Å². The third kappa shape index (κ3) is 2.22. The van der Waals surface area contributed by atoms with Crippen molar-refractivity contribution in [2.75, 3.05) is 5.32 Å². The second-order valence-electron chi connectivity index (χ2n) is 5.42. The number of para-hydroxylation sites is 1. The van der Waals surface area contributed by atoms with Gasteiger partial charge in [0.1, 0.15) is 5.92 Å². The molecule has 1 amide bonds. The average molecular weight is 309 g/mol. The lowest BCUT2D eigenvalue weighted by Crippen LogP contribution is -2.46. The first kappa shape index (κ1) is 15.0. The third-order valence-electron chi connectivity index (χ3n) is 4.00. The number of amides is 1. The quantitative estimate of drug-likeness (QED) is 0.598. The van der Waals surface area contributed by atoms with Crippen LogP contribution in [0.5, 0.6) is 0 Å². The topological polar surface area (TPSA) is 86.6 Å². The van der Waals surface area contributed by atoms with Crippen LogP contribution >= 0.6 is 0 Å². The number of anilines is 1. The molecule has 0 bridgehead atoms. The Bertz CT molecular complexity index is 800. The number of fused-ring (bicyclic) bond motifs is 1. The maximum atomic E-state index is 12.8. The molecule has 0 saturated carbocycles. The van der Waals surface area contributed by atoms with Crippen LogP contribution < -0.4 is 5.32 Å². The predicted molar refractivity (Wildman–Crippen MR) is 85.0 cm³/mol. The van der Waals surface area contributed by atoms with E-state index in [-0.39, 0.29) is 11.1 Å². The summed E-state index contributed by atoms with van der Waals surface area (Å²) >= 11 is 0. The highest BCUT2D eigenvalue weighted by molar-refractivity contribution is 6.11. The van der Waals surface area contributed by atoms with Gasteiger partial charge in [0.15, 0.2) is 11.4 Å². The van der Waals surface area contributed by atoms with E-state index in [0.29, 0.717) is 5.69 Å². The van der Waals surface area contributed by atoms with Crippen molar-refractivity contribution in [3.8, 4) is 0 Å². The Morgan fingerprint density at radius 1 is 1.09 bits per heavy atom. The van der Waals surface area contributed by atoms with Crippen LogP contribution in [0.25, 0.3) is 0 Å². The summed E-state index contributed by atoms with van der Waals surface area (Å²) in [4.78, 5) is 25.1. The highest BCUT2D eigenvalue weighted by Crippen LogP contribution is 2.44. The molecule has 1 aliphatic heterocycles. The van der Waals surface area contributed by atoms with Crippen LogP contribution in [0.15, 0.2) is 66.9 Å². The Balaban J connectivity index is 2.14. The Morgan fingerprint density at radius 2 is 1.70 bits per heavy atom. The molecule has 0 aliphatic carbocycles.